The number of anilines is 2. The molecule has 0 atom stereocenters. The van der Waals surface area contributed by atoms with Gasteiger partial charge in [-0.05, 0) is 30.3 Å². The number of hydrogen-bond donors (Lipinski definition) is 0. The second kappa shape index (κ2) is 7.12. The number of benzene rings is 2. The van der Waals surface area contributed by atoms with Crippen LogP contribution >= 0.6 is 0 Å². The third-order valence-corrected chi connectivity index (χ3v) is 4.93. The molecule has 0 heterocycles. The summed E-state index contributed by atoms with van der Waals surface area (Å²) < 4.78 is 23.5. The van der Waals surface area contributed by atoms with Gasteiger partial charge in [0, 0.05) is 56.5 Å². The summed E-state index contributed by atoms with van der Waals surface area (Å²) in [6.45, 7) is 0. The zero-order valence-electron chi connectivity index (χ0n) is 14.8. The van der Waals surface area contributed by atoms with Gasteiger partial charge in [0.15, 0.2) is 9.84 Å². The van der Waals surface area contributed by atoms with Crippen LogP contribution in [0.25, 0.3) is 0 Å². The number of nitro groups is 1. The van der Waals surface area contributed by atoms with Gasteiger partial charge in [-0.25, -0.2) is 8.42 Å². The molecule has 0 unspecified atom stereocenters. The summed E-state index contributed by atoms with van der Waals surface area (Å²) in [5.41, 5.74) is 1.00. The summed E-state index contributed by atoms with van der Waals surface area (Å²) in [6, 6.07) is 10.3. The van der Waals surface area contributed by atoms with Crippen LogP contribution in [0.1, 0.15) is 10.4 Å². The van der Waals surface area contributed by atoms with E-state index in [-0.39, 0.29) is 10.5 Å². The molecule has 2 rings (SSSR count). The molecule has 1 amide bonds. The molecule has 0 fully saturated rings. The van der Waals surface area contributed by atoms with E-state index in [0.29, 0.717) is 5.69 Å². The molecule has 0 aliphatic heterocycles. The van der Waals surface area contributed by atoms with E-state index in [0.717, 1.165) is 30.1 Å². The highest BCUT2D eigenvalue weighted by molar-refractivity contribution is 7.90. The van der Waals surface area contributed by atoms with Crippen LogP contribution in [-0.4, -0.2) is 46.6 Å². The van der Waals surface area contributed by atoms with Crippen molar-refractivity contribution in [3.63, 3.8) is 0 Å². The summed E-state index contributed by atoms with van der Waals surface area (Å²) in [4.78, 5) is 26.0. The first-order valence-electron chi connectivity index (χ1n) is 7.55. The monoisotopic (exact) mass is 377 g/mol. The fourth-order valence-electron chi connectivity index (χ4n) is 2.31. The number of carbonyl (C=O) groups is 1. The summed E-state index contributed by atoms with van der Waals surface area (Å²) in [6.07, 6.45) is 0.935. The van der Waals surface area contributed by atoms with E-state index in [1.165, 1.54) is 11.9 Å². The molecular formula is C17H19N3O5S. The van der Waals surface area contributed by atoms with Crippen LogP contribution in [0.5, 0.6) is 0 Å². The van der Waals surface area contributed by atoms with Gasteiger partial charge in [-0.3, -0.25) is 14.9 Å². The first kappa shape index (κ1) is 19.4. The molecule has 0 saturated carbocycles. The molecule has 26 heavy (non-hydrogen) atoms. The number of amides is 1. The summed E-state index contributed by atoms with van der Waals surface area (Å²) >= 11 is 0. The highest BCUT2D eigenvalue weighted by atomic mass is 32.2. The minimum absolute atomic E-state index is 0.0705. The van der Waals surface area contributed by atoms with E-state index in [1.54, 1.807) is 12.1 Å². The SMILES string of the molecule is CN(C)c1ccc(N(C)C(=O)c2cc([N+](=O)[O-])cc(S(C)(=O)=O)c2)cc1. The number of sulfone groups is 1. The van der Waals surface area contributed by atoms with Crippen LogP contribution in [0.15, 0.2) is 47.4 Å². The smallest absolute Gasteiger partial charge is 0.271 e. The number of hydrogen-bond acceptors (Lipinski definition) is 6. The maximum absolute atomic E-state index is 12.7. The first-order valence-corrected chi connectivity index (χ1v) is 9.45. The Morgan fingerprint density at radius 1 is 1.00 bits per heavy atom. The Labute approximate surface area is 151 Å². The molecule has 0 aliphatic rings. The average molecular weight is 377 g/mol. The van der Waals surface area contributed by atoms with Crippen LogP contribution in [-0.2, 0) is 9.84 Å². The number of nitrogens with zero attached hydrogens (tertiary/aromatic N) is 3. The molecule has 8 nitrogen and oxygen atoms in total. The summed E-state index contributed by atoms with van der Waals surface area (Å²) in [7, 11) is 1.60. The van der Waals surface area contributed by atoms with E-state index in [2.05, 4.69) is 0 Å². The van der Waals surface area contributed by atoms with E-state index in [4.69, 9.17) is 0 Å². The molecule has 0 radical (unpaired) electrons. The van der Waals surface area contributed by atoms with E-state index >= 15 is 0 Å². The Balaban J connectivity index is 2.44. The molecule has 0 bridgehead atoms. The molecule has 138 valence electrons. The van der Waals surface area contributed by atoms with E-state index in [1.807, 2.05) is 31.1 Å². The van der Waals surface area contributed by atoms with Crippen LogP contribution in [0, 0.1) is 10.1 Å². The van der Waals surface area contributed by atoms with Crippen molar-refractivity contribution in [3.05, 3.63) is 58.1 Å². The predicted octanol–water partition coefficient (Wildman–Crippen LogP) is 2.34. The average Bonchev–Trinajstić information content (AvgIpc) is 2.59. The number of rotatable bonds is 5. The molecule has 2 aromatic carbocycles. The van der Waals surface area contributed by atoms with Gasteiger partial charge in [0.25, 0.3) is 11.6 Å². The molecular weight excluding hydrogens is 358 g/mol. The third kappa shape index (κ3) is 4.17. The van der Waals surface area contributed by atoms with Crippen LogP contribution in [0.4, 0.5) is 17.1 Å². The third-order valence-electron chi connectivity index (χ3n) is 3.84. The lowest BCUT2D eigenvalue weighted by atomic mass is 10.1. The van der Waals surface area contributed by atoms with Gasteiger partial charge in [0.05, 0.1) is 9.82 Å². The Morgan fingerprint density at radius 2 is 1.54 bits per heavy atom. The van der Waals surface area contributed by atoms with Crippen molar-refractivity contribution in [2.75, 3.05) is 37.2 Å². The molecule has 0 spiro atoms. The van der Waals surface area contributed by atoms with Crippen molar-refractivity contribution in [2.24, 2.45) is 0 Å². The minimum Gasteiger partial charge on any atom is -0.378 e. The van der Waals surface area contributed by atoms with Crippen LogP contribution in [0.2, 0.25) is 0 Å². The van der Waals surface area contributed by atoms with Crippen molar-refractivity contribution in [1.29, 1.82) is 0 Å². The Hall–Kier alpha value is -2.94. The summed E-state index contributed by atoms with van der Waals surface area (Å²) in [5, 5.41) is 11.1. The normalized spacial score (nSPS) is 11.1. The van der Waals surface area contributed by atoms with Crippen molar-refractivity contribution >= 4 is 32.8 Å². The predicted molar refractivity (Wildman–Crippen MR) is 99.7 cm³/mol. The topological polar surface area (TPSA) is 101 Å². The highest BCUT2D eigenvalue weighted by Crippen LogP contribution is 2.24. The Bertz CT molecular complexity index is 953. The number of nitro benzene ring substituents is 1. The molecule has 0 saturated heterocycles. The first-order chi connectivity index (χ1) is 12.0. The lowest BCUT2D eigenvalue weighted by molar-refractivity contribution is -0.385. The van der Waals surface area contributed by atoms with Crippen LogP contribution < -0.4 is 9.80 Å². The number of carbonyl (C=O) groups excluding carboxylic acids is 1. The maximum atomic E-state index is 12.7. The number of non-ortho nitro benzene ring substituents is 1. The second-order valence-corrected chi connectivity index (χ2v) is 8.04. The maximum Gasteiger partial charge on any atom is 0.271 e. The standard InChI is InChI=1S/C17H19N3O5S/c1-18(2)13-5-7-14(8-6-13)19(3)17(21)12-9-15(20(22)23)11-16(10-12)26(4,24)25/h5-11H,1-4H3. The van der Waals surface area contributed by atoms with E-state index < -0.39 is 26.4 Å². The van der Waals surface area contributed by atoms with Gasteiger partial charge in [-0.15, -0.1) is 0 Å². The highest BCUT2D eigenvalue weighted by Gasteiger charge is 2.21. The largest absolute Gasteiger partial charge is 0.378 e. The second-order valence-electron chi connectivity index (χ2n) is 6.02. The van der Waals surface area contributed by atoms with Gasteiger partial charge in [0.1, 0.15) is 0 Å². The van der Waals surface area contributed by atoms with Crippen molar-refractivity contribution in [1.82, 2.24) is 0 Å². The van der Waals surface area contributed by atoms with Crippen LogP contribution in [0.3, 0.4) is 0 Å². The minimum atomic E-state index is -3.70. The zero-order valence-corrected chi connectivity index (χ0v) is 15.6. The van der Waals surface area contributed by atoms with Gasteiger partial charge >= 0.3 is 0 Å². The van der Waals surface area contributed by atoms with Gasteiger partial charge in [-0.2, -0.15) is 0 Å². The molecule has 0 N–H and O–H groups in total. The molecule has 0 aliphatic carbocycles. The van der Waals surface area contributed by atoms with Gasteiger partial charge < -0.3 is 9.80 Å². The fraction of sp³-hybridized carbons (Fsp3) is 0.235. The Morgan fingerprint density at radius 3 is 2.00 bits per heavy atom. The molecule has 0 aromatic heterocycles. The lowest BCUT2D eigenvalue weighted by Crippen LogP contribution is -2.26. The van der Waals surface area contributed by atoms with E-state index in [9.17, 15) is 23.3 Å². The van der Waals surface area contributed by atoms with Gasteiger partial charge in [-0.1, -0.05) is 0 Å². The molecule has 2 aromatic rings. The van der Waals surface area contributed by atoms with Crippen molar-refractivity contribution < 1.29 is 18.1 Å². The summed E-state index contributed by atoms with van der Waals surface area (Å²) in [5.74, 6) is -0.545. The quantitative estimate of drug-likeness (QED) is 0.585. The molecule has 9 heteroatoms. The van der Waals surface area contributed by atoms with Gasteiger partial charge in [0.2, 0.25) is 0 Å². The lowest BCUT2D eigenvalue weighted by Gasteiger charge is -2.19. The fourth-order valence-corrected chi connectivity index (χ4v) is 2.99. The van der Waals surface area contributed by atoms with Crippen molar-refractivity contribution in [3.8, 4) is 0 Å². The van der Waals surface area contributed by atoms with Crippen molar-refractivity contribution in [2.45, 2.75) is 4.90 Å². The zero-order chi connectivity index (χ0) is 19.6. The Kier molecular flexibility index (Phi) is 5.31.